The fourth-order valence-electron chi connectivity index (χ4n) is 2.64. The number of aryl methyl sites for hydroxylation is 2. The second-order valence-electron chi connectivity index (χ2n) is 6.33. The van der Waals surface area contributed by atoms with Crippen LogP contribution in [0, 0.1) is 28.4 Å². The van der Waals surface area contributed by atoms with E-state index in [1.54, 1.807) is 25.1 Å². The monoisotopic (exact) mass is 423 g/mol. The Bertz CT molecular complexity index is 1170. The highest BCUT2D eigenvalue weighted by atomic mass is 32.1. The van der Waals surface area contributed by atoms with Crippen molar-refractivity contribution in [1.82, 2.24) is 10.2 Å². The van der Waals surface area contributed by atoms with Crippen molar-refractivity contribution in [3.63, 3.8) is 0 Å². The molecule has 9 nitrogen and oxygen atoms in total. The van der Waals surface area contributed by atoms with Gasteiger partial charge in [0.1, 0.15) is 28.2 Å². The van der Waals surface area contributed by atoms with Crippen LogP contribution >= 0.6 is 11.3 Å². The Morgan fingerprint density at radius 2 is 2.17 bits per heavy atom. The lowest BCUT2D eigenvalue weighted by atomic mass is 10.1. The third kappa shape index (κ3) is 4.76. The fourth-order valence-corrected chi connectivity index (χ4v) is 3.47. The molecular weight excluding hydrogens is 406 g/mol. The number of aromatic nitrogens is 2. The summed E-state index contributed by atoms with van der Waals surface area (Å²) in [6.07, 6.45) is 2.98. The topological polar surface area (TPSA) is 135 Å². The van der Waals surface area contributed by atoms with Gasteiger partial charge >= 0.3 is 0 Å². The number of hydrogen-bond acceptors (Lipinski definition) is 8. The van der Waals surface area contributed by atoms with Crippen molar-refractivity contribution in [2.75, 3.05) is 5.32 Å². The lowest BCUT2D eigenvalue weighted by Crippen LogP contribution is -2.13. The van der Waals surface area contributed by atoms with Crippen molar-refractivity contribution >= 4 is 34.1 Å². The van der Waals surface area contributed by atoms with Gasteiger partial charge in [0.05, 0.1) is 4.92 Å². The number of carbonyl (C=O) groups excluding carboxylic acids is 1. The van der Waals surface area contributed by atoms with Gasteiger partial charge < -0.3 is 4.42 Å². The Kier molecular flexibility index (Phi) is 6.34. The number of rotatable bonds is 7. The molecule has 0 radical (unpaired) electrons. The van der Waals surface area contributed by atoms with Crippen LogP contribution in [0.25, 0.3) is 17.4 Å². The summed E-state index contributed by atoms with van der Waals surface area (Å²) in [5, 5.41) is 31.9. The summed E-state index contributed by atoms with van der Waals surface area (Å²) in [4.78, 5) is 22.9. The lowest BCUT2D eigenvalue weighted by molar-refractivity contribution is -0.384. The molecule has 1 aromatic carbocycles. The number of nitrogens with one attached hydrogen (secondary N) is 1. The molecule has 0 fully saturated rings. The molecular formula is C20H17N5O4S. The minimum absolute atomic E-state index is 0.0549. The van der Waals surface area contributed by atoms with E-state index in [2.05, 4.69) is 15.5 Å². The first-order valence-electron chi connectivity index (χ1n) is 9.02. The Hall–Kier alpha value is -3.84. The largest absolute Gasteiger partial charge is 0.457 e. The number of anilines is 1. The van der Waals surface area contributed by atoms with Crippen molar-refractivity contribution in [2.24, 2.45) is 0 Å². The molecule has 0 atom stereocenters. The van der Waals surface area contributed by atoms with E-state index < -0.39 is 10.8 Å². The molecule has 30 heavy (non-hydrogen) atoms. The molecule has 0 saturated carbocycles. The van der Waals surface area contributed by atoms with Crippen molar-refractivity contribution in [3.05, 3.63) is 62.4 Å². The zero-order chi connectivity index (χ0) is 21.7. The number of amides is 1. The minimum Gasteiger partial charge on any atom is -0.457 e. The van der Waals surface area contributed by atoms with Crippen molar-refractivity contribution in [2.45, 2.75) is 26.7 Å². The average molecular weight is 423 g/mol. The van der Waals surface area contributed by atoms with Crippen molar-refractivity contribution in [3.8, 4) is 17.4 Å². The van der Waals surface area contributed by atoms with Gasteiger partial charge in [0.2, 0.25) is 5.13 Å². The number of non-ortho nitro benzene ring substituents is 1. The van der Waals surface area contributed by atoms with Gasteiger partial charge in [0, 0.05) is 30.2 Å². The van der Waals surface area contributed by atoms with E-state index in [-0.39, 0.29) is 17.0 Å². The van der Waals surface area contributed by atoms with Crippen LogP contribution in [0.5, 0.6) is 0 Å². The first kappa shape index (κ1) is 20.9. The molecule has 0 saturated heterocycles. The predicted molar refractivity (Wildman–Crippen MR) is 112 cm³/mol. The molecule has 2 aromatic heterocycles. The average Bonchev–Trinajstić information content (AvgIpc) is 3.36. The summed E-state index contributed by atoms with van der Waals surface area (Å²) in [5.74, 6) is 0.0428. The summed E-state index contributed by atoms with van der Waals surface area (Å²) < 4.78 is 5.70. The van der Waals surface area contributed by atoms with E-state index in [0.29, 0.717) is 16.5 Å². The summed E-state index contributed by atoms with van der Waals surface area (Å²) in [5.41, 5.74) is 1.13. The molecule has 3 rings (SSSR count). The molecule has 152 valence electrons. The minimum atomic E-state index is -0.624. The van der Waals surface area contributed by atoms with Crippen molar-refractivity contribution < 1.29 is 14.1 Å². The first-order chi connectivity index (χ1) is 14.4. The number of nitro benzene ring substituents is 1. The number of furan rings is 1. The fraction of sp³-hybridized carbons (Fsp3) is 0.200. The van der Waals surface area contributed by atoms with E-state index in [4.69, 9.17) is 4.42 Å². The summed E-state index contributed by atoms with van der Waals surface area (Å²) in [7, 11) is 0. The first-order valence-corrected chi connectivity index (χ1v) is 9.83. The highest BCUT2D eigenvalue weighted by Gasteiger charge is 2.16. The van der Waals surface area contributed by atoms with Crippen LogP contribution in [0.4, 0.5) is 10.8 Å². The van der Waals surface area contributed by atoms with Gasteiger partial charge in [-0.15, -0.1) is 10.2 Å². The molecule has 1 amide bonds. The van der Waals surface area contributed by atoms with E-state index >= 15 is 0 Å². The maximum Gasteiger partial charge on any atom is 0.270 e. The number of benzene rings is 1. The Morgan fingerprint density at radius 3 is 2.87 bits per heavy atom. The smallest absolute Gasteiger partial charge is 0.270 e. The molecule has 0 aliphatic heterocycles. The van der Waals surface area contributed by atoms with E-state index in [9.17, 15) is 20.2 Å². The van der Waals surface area contributed by atoms with Crippen LogP contribution in [-0.2, 0) is 11.2 Å². The second kappa shape index (κ2) is 9.11. The van der Waals surface area contributed by atoms with Crippen LogP contribution in [0.3, 0.4) is 0 Å². The third-order valence-electron chi connectivity index (χ3n) is 4.13. The van der Waals surface area contributed by atoms with Crippen molar-refractivity contribution in [1.29, 1.82) is 5.26 Å². The van der Waals surface area contributed by atoms with Gasteiger partial charge in [-0.05, 0) is 31.0 Å². The van der Waals surface area contributed by atoms with Gasteiger partial charge in [-0.1, -0.05) is 24.3 Å². The molecule has 0 aliphatic carbocycles. The molecule has 2 heterocycles. The third-order valence-corrected chi connectivity index (χ3v) is 5.03. The quantitative estimate of drug-likeness (QED) is 0.255. The Labute approximate surface area is 175 Å². The SMILES string of the molecule is CCCc1nnc(NC(=O)C(C#N)=Cc2ccc(-c3cc([N+](=O)[O-])ccc3C)o2)s1. The normalized spacial score (nSPS) is 11.2. The molecule has 0 spiro atoms. The van der Waals surface area contributed by atoms with Gasteiger partial charge in [-0.3, -0.25) is 20.2 Å². The number of carbonyl (C=O) groups is 1. The summed E-state index contributed by atoms with van der Waals surface area (Å²) in [6, 6.07) is 9.53. The maximum atomic E-state index is 12.4. The molecule has 3 aromatic rings. The zero-order valence-electron chi connectivity index (χ0n) is 16.2. The molecule has 0 bridgehead atoms. The van der Waals surface area contributed by atoms with E-state index in [0.717, 1.165) is 23.4 Å². The second-order valence-corrected chi connectivity index (χ2v) is 7.40. The van der Waals surface area contributed by atoms with Crippen LogP contribution < -0.4 is 5.32 Å². The molecule has 0 unspecified atom stereocenters. The van der Waals surface area contributed by atoms with E-state index in [1.165, 1.54) is 29.5 Å². The number of hydrogen-bond donors (Lipinski definition) is 1. The molecule has 1 N–H and O–H groups in total. The number of nitrogens with zero attached hydrogens (tertiary/aromatic N) is 4. The molecule has 0 aliphatic rings. The van der Waals surface area contributed by atoms with Crippen LogP contribution in [0.1, 0.15) is 29.7 Å². The van der Waals surface area contributed by atoms with E-state index in [1.807, 2.05) is 13.0 Å². The zero-order valence-corrected chi connectivity index (χ0v) is 17.0. The highest BCUT2D eigenvalue weighted by molar-refractivity contribution is 7.15. The highest BCUT2D eigenvalue weighted by Crippen LogP contribution is 2.30. The van der Waals surface area contributed by atoms with Gasteiger partial charge in [0.25, 0.3) is 11.6 Å². The van der Waals surface area contributed by atoms with Gasteiger partial charge in [-0.25, -0.2) is 0 Å². The number of nitriles is 1. The Balaban J connectivity index is 1.81. The van der Waals surface area contributed by atoms with Crippen LogP contribution in [0.2, 0.25) is 0 Å². The van der Waals surface area contributed by atoms with Crippen LogP contribution in [-0.4, -0.2) is 21.0 Å². The standard InChI is InChI=1S/C20H17N5O4S/c1-3-4-18-23-24-20(30-18)22-19(26)13(11-21)9-15-7-8-17(29-15)16-10-14(25(27)28)6-5-12(16)2/h5-10H,3-4H2,1-2H3,(H,22,24,26). The molecule has 10 heteroatoms. The number of nitro groups is 1. The Morgan fingerprint density at radius 1 is 1.37 bits per heavy atom. The summed E-state index contributed by atoms with van der Waals surface area (Å²) in [6.45, 7) is 3.82. The van der Waals surface area contributed by atoms with Gasteiger partial charge in [0.15, 0.2) is 0 Å². The summed E-state index contributed by atoms with van der Waals surface area (Å²) >= 11 is 1.26. The van der Waals surface area contributed by atoms with Crippen LogP contribution in [0.15, 0.2) is 40.3 Å². The van der Waals surface area contributed by atoms with Gasteiger partial charge in [-0.2, -0.15) is 5.26 Å². The maximum absolute atomic E-state index is 12.4. The lowest BCUT2D eigenvalue weighted by Gasteiger charge is -2.02. The predicted octanol–water partition coefficient (Wildman–Crippen LogP) is 4.51.